The van der Waals surface area contributed by atoms with Gasteiger partial charge in [0.2, 0.25) is 0 Å². The molecular formula is C11H19N3. The minimum atomic E-state index is 0.290. The van der Waals surface area contributed by atoms with Gasteiger partial charge in [-0.3, -0.25) is 0 Å². The van der Waals surface area contributed by atoms with Crippen molar-refractivity contribution in [3.05, 3.63) is 23.4 Å². The molecule has 4 N–H and O–H groups in total. The lowest BCUT2D eigenvalue weighted by Crippen LogP contribution is -2.14. The van der Waals surface area contributed by atoms with Crippen molar-refractivity contribution in [2.75, 3.05) is 5.73 Å². The van der Waals surface area contributed by atoms with Crippen molar-refractivity contribution in [2.24, 2.45) is 5.73 Å². The lowest BCUT2D eigenvalue weighted by molar-refractivity contribution is 0.623. The van der Waals surface area contributed by atoms with Gasteiger partial charge in [-0.15, -0.1) is 0 Å². The summed E-state index contributed by atoms with van der Waals surface area (Å²) in [5.41, 5.74) is 13.6. The molecule has 1 atom stereocenters. The van der Waals surface area contributed by atoms with Crippen molar-refractivity contribution in [3.63, 3.8) is 0 Å². The van der Waals surface area contributed by atoms with Crippen LogP contribution in [-0.2, 0) is 6.42 Å². The molecule has 0 amide bonds. The Labute approximate surface area is 85.5 Å². The van der Waals surface area contributed by atoms with E-state index < -0.39 is 0 Å². The van der Waals surface area contributed by atoms with E-state index in [9.17, 15) is 0 Å². The SMILES string of the molecule is Cc1cc(CCC[C@H](C)N)cnc1N. The van der Waals surface area contributed by atoms with Gasteiger partial charge in [-0.05, 0) is 44.2 Å². The van der Waals surface area contributed by atoms with E-state index in [4.69, 9.17) is 11.5 Å². The number of hydrogen-bond acceptors (Lipinski definition) is 3. The normalized spacial score (nSPS) is 12.8. The highest BCUT2D eigenvalue weighted by Gasteiger charge is 1.99. The molecule has 0 saturated carbocycles. The van der Waals surface area contributed by atoms with Gasteiger partial charge in [0.25, 0.3) is 0 Å². The van der Waals surface area contributed by atoms with Gasteiger partial charge in [-0.25, -0.2) is 4.98 Å². The van der Waals surface area contributed by atoms with E-state index in [-0.39, 0.29) is 6.04 Å². The molecule has 0 radical (unpaired) electrons. The van der Waals surface area contributed by atoms with Gasteiger partial charge in [0, 0.05) is 12.2 Å². The topological polar surface area (TPSA) is 64.9 Å². The quantitative estimate of drug-likeness (QED) is 0.764. The number of nitrogen functional groups attached to an aromatic ring is 1. The van der Waals surface area contributed by atoms with Gasteiger partial charge in [-0.2, -0.15) is 0 Å². The molecule has 0 aliphatic rings. The Bertz CT molecular complexity index is 295. The van der Waals surface area contributed by atoms with E-state index in [2.05, 4.69) is 11.1 Å². The molecule has 0 aliphatic carbocycles. The lowest BCUT2D eigenvalue weighted by Gasteiger charge is -2.06. The Balaban J connectivity index is 2.47. The standard InChI is InChI=1S/C11H19N3/c1-8-6-10(7-14-11(8)13)5-3-4-9(2)12/h6-7,9H,3-5,12H2,1-2H3,(H2,13,14)/t9-/m0/s1. The van der Waals surface area contributed by atoms with Crippen molar-refractivity contribution in [1.82, 2.24) is 4.98 Å². The predicted molar refractivity (Wildman–Crippen MR) is 60.0 cm³/mol. The summed E-state index contributed by atoms with van der Waals surface area (Å²) in [4.78, 5) is 4.12. The van der Waals surface area contributed by atoms with Crippen LogP contribution >= 0.6 is 0 Å². The zero-order valence-corrected chi connectivity index (χ0v) is 8.96. The van der Waals surface area contributed by atoms with Crippen LogP contribution in [-0.4, -0.2) is 11.0 Å². The van der Waals surface area contributed by atoms with Crippen LogP contribution in [0.15, 0.2) is 12.3 Å². The molecule has 3 heteroatoms. The Morgan fingerprint density at radius 3 is 2.79 bits per heavy atom. The predicted octanol–water partition coefficient (Wildman–Crippen LogP) is 1.64. The molecule has 14 heavy (non-hydrogen) atoms. The van der Waals surface area contributed by atoms with E-state index in [1.54, 1.807) is 0 Å². The highest BCUT2D eigenvalue weighted by atomic mass is 14.8. The minimum absolute atomic E-state index is 0.290. The molecule has 1 aromatic rings. The number of anilines is 1. The monoisotopic (exact) mass is 193 g/mol. The van der Waals surface area contributed by atoms with Crippen LogP contribution < -0.4 is 11.5 Å². The molecule has 1 rings (SSSR count). The third-order valence-electron chi connectivity index (χ3n) is 2.30. The van der Waals surface area contributed by atoms with Crippen LogP contribution in [0.25, 0.3) is 0 Å². The van der Waals surface area contributed by atoms with Gasteiger partial charge in [0.15, 0.2) is 0 Å². The fourth-order valence-corrected chi connectivity index (χ4v) is 1.41. The zero-order chi connectivity index (χ0) is 10.6. The van der Waals surface area contributed by atoms with E-state index >= 15 is 0 Å². The first-order valence-electron chi connectivity index (χ1n) is 5.06. The average Bonchev–Trinajstić information content (AvgIpc) is 2.10. The number of aromatic nitrogens is 1. The molecule has 1 heterocycles. The maximum Gasteiger partial charge on any atom is 0.126 e. The summed E-state index contributed by atoms with van der Waals surface area (Å²) < 4.78 is 0. The fraction of sp³-hybridized carbons (Fsp3) is 0.545. The van der Waals surface area contributed by atoms with Gasteiger partial charge < -0.3 is 11.5 Å². The molecule has 0 unspecified atom stereocenters. The van der Waals surface area contributed by atoms with Crippen LogP contribution in [0, 0.1) is 6.92 Å². The second-order valence-corrected chi connectivity index (χ2v) is 3.92. The second kappa shape index (κ2) is 4.96. The lowest BCUT2D eigenvalue weighted by atomic mass is 10.1. The molecule has 0 spiro atoms. The van der Waals surface area contributed by atoms with Crippen molar-refractivity contribution in [2.45, 2.75) is 39.2 Å². The largest absolute Gasteiger partial charge is 0.383 e. The van der Waals surface area contributed by atoms with Gasteiger partial charge >= 0.3 is 0 Å². The maximum absolute atomic E-state index is 5.67. The van der Waals surface area contributed by atoms with Crippen LogP contribution in [0.2, 0.25) is 0 Å². The number of rotatable bonds is 4. The molecular weight excluding hydrogens is 174 g/mol. The molecule has 0 aliphatic heterocycles. The van der Waals surface area contributed by atoms with Gasteiger partial charge in [-0.1, -0.05) is 6.07 Å². The minimum Gasteiger partial charge on any atom is -0.383 e. The van der Waals surface area contributed by atoms with E-state index in [0.717, 1.165) is 24.8 Å². The summed E-state index contributed by atoms with van der Waals surface area (Å²) in [6, 6.07) is 2.39. The number of pyridine rings is 1. The fourth-order valence-electron chi connectivity index (χ4n) is 1.41. The molecule has 0 saturated heterocycles. The molecule has 0 aromatic carbocycles. The Hall–Kier alpha value is -1.09. The Kier molecular flexibility index (Phi) is 3.89. The van der Waals surface area contributed by atoms with E-state index in [1.165, 1.54) is 5.56 Å². The third-order valence-corrected chi connectivity index (χ3v) is 2.30. The highest BCUT2D eigenvalue weighted by Crippen LogP contribution is 2.11. The Morgan fingerprint density at radius 1 is 1.50 bits per heavy atom. The first-order valence-corrected chi connectivity index (χ1v) is 5.06. The summed E-state index contributed by atoms with van der Waals surface area (Å²) in [6.45, 7) is 4.02. The first kappa shape index (κ1) is 11.0. The molecule has 78 valence electrons. The summed E-state index contributed by atoms with van der Waals surface area (Å²) in [6.07, 6.45) is 5.06. The van der Waals surface area contributed by atoms with Crippen LogP contribution in [0.3, 0.4) is 0 Å². The van der Waals surface area contributed by atoms with Crippen molar-refractivity contribution < 1.29 is 0 Å². The number of nitrogens with two attached hydrogens (primary N) is 2. The van der Waals surface area contributed by atoms with Crippen LogP contribution in [0.5, 0.6) is 0 Å². The average molecular weight is 193 g/mol. The van der Waals surface area contributed by atoms with Crippen molar-refractivity contribution in [1.29, 1.82) is 0 Å². The first-order chi connectivity index (χ1) is 6.59. The number of hydrogen-bond donors (Lipinski definition) is 2. The number of nitrogens with zero attached hydrogens (tertiary/aromatic N) is 1. The molecule has 0 fully saturated rings. The van der Waals surface area contributed by atoms with E-state index in [1.807, 2.05) is 20.0 Å². The summed E-state index contributed by atoms with van der Waals surface area (Å²) in [5.74, 6) is 0.626. The van der Waals surface area contributed by atoms with Crippen molar-refractivity contribution >= 4 is 5.82 Å². The summed E-state index contributed by atoms with van der Waals surface area (Å²) >= 11 is 0. The second-order valence-electron chi connectivity index (χ2n) is 3.92. The van der Waals surface area contributed by atoms with Gasteiger partial charge in [0.1, 0.15) is 5.82 Å². The summed E-state index contributed by atoms with van der Waals surface area (Å²) in [5, 5.41) is 0. The van der Waals surface area contributed by atoms with E-state index in [0.29, 0.717) is 5.82 Å². The molecule has 0 bridgehead atoms. The third kappa shape index (κ3) is 3.34. The number of aryl methyl sites for hydroxylation is 2. The molecule has 3 nitrogen and oxygen atoms in total. The highest BCUT2D eigenvalue weighted by molar-refractivity contribution is 5.39. The Morgan fingerprint density at radius 2 is 2.21 bits per heavy atom. The summed E-state index contributed by atoms with van der Waals surface area (Å²) in [7, 11) is 0. The molecule has 1 aromatic heterocycles. The van der Waals surface area contributed by atoms with Crippen molar-refractivity contribution in [3.8, 4) is 0 Å². The zero-order valence-electron chi connectivity index (χ0n) is 8.96. The van der Waals surface area contributed by atoms with Crippen LogP contribution in [0.4, 0.5) is 5.82 Å². The smallest absolute Gasteiger partial charge is 0.126 e. The van der Waals surface area contributed by atoms with Gasteiger partial charge in [0.05, 0.1) is 0 Å². The van der Waals surface area contributed by atoms with Crippen LogP contribution in [0.1, 0.15) is 30.9 Å². The maximum atomic E-state index is 5.67.